The Bertz CT molecular complexity index is 1460. The maximum atomic E-state index is 12.9. The third-order valence-corrected chi connectivity index (χ3v) is 5.33. The van der Waals surface area contributed by atoms with E-state index in [0.717, 1.165) is 0 Å². The summed E-state index contributed by atoms with van der Waals surface area (Å²) in [5.41, 5.74) is 7.57. The van der Waals surface area contributed by atoms with Crippen LogP contribution >= 0.6 is 0 Å². The number of rotatable bonds is 6. The fourth-order valence-electron chi connectivity index (χ4n) is 3.65. The Hall–Kier alpha value is -4.39. The van der Waals surface area contributed by atoms with Gasteiger partial charge in [0.05, 0.1) is 23.0 Å². The molecule has 0 aliphatic carbocycles. The Morgan fingerprint density at radius 1 is 1.06 bits per heavy atom. The summed E-state index contributed by atoms with van der Waals surface area (Å²) < 4.78 is 41.3. The molecule has 0 saturated carbocycles. The van der Waals surface area contributed by atoms with Crippen molar-refractivity contribution in [3.05, 3.63) is 82.3 Å². The fraction of sp³-hybridized carbons (Fsp3) is 0.167. The quantitative estimate of drug-likeness (QED) is 0.462. The van der Waals surface area contributed by atoms with E-state index in [-0.39, 0.29) is 24.3 Å². The van der Waals surface area contributed by atoms with Gasteiger partial charge in [0.1, 0.15) is 0 Å². The number of aromatic nitrogens is 3. The molecule has 0 spiro atoms. The SMILES string of the molecule is N#Cc1ccc(-c2cn3c(=O)cc(-c4ccc(C(N)=O)cc4)n(CCCC(F)(F)F)c3n2)cc1. The number of halogens is 3. The van der Waals surface area contributed by atoms with E-state index >= 15 is 0 Å². The van der Waals surface area contributed by atoms with Crippen molar-refractivity contribution in [1.82, 2.24) is 14.0 Å². The monoisotopic (exact) mass is 465 g/mol. The molecule has 172 valence electrons. The van der Waals surface area contributed by atoms with Crippen LogP contribution in [0.4, 0.5) is 13.2 Å². The largest absolute Gasteiger partial charge is 0.389 e. The molecule has 0 aliphatic heterocycles. The van der Waals surface area contributed by atoms with Crippen molar-refractivity contribution in [2.75, 3.05) is 0 Å². The van der Waals surface area contributed by atoms with Gasteiger partial charge in [-0.15, -0.1) is 0 Å². The van der Waals surface area contributed by atoms with Crippen molar-refractivity contribution < 1.29 is 18.0 Å². The second-order valence-electron chi connectivity index (χ2n) is 7.67. The molecule has 0 fully saturated rings. The highest BCUT2D eigenvalue weighted by Crippen LogP contribution is 2.26. The average Bonchev–Trinajstić information content (AvgIpc) is 3.26. The molecule has 7 nitrogen and oxygen atoms in total. The van der Waals surface area contributed by atoms with Gasteiger partial charge >= 0.3 is 6.18 Å². The summed E-state index contributed by atoms with van der Waals surface area (Å²) in [7, 11) is 0. The molecule has 4 rings (SSSR count). The number of hydrogen-bond donors (Lipinski definition) is 1. The zero-order valence-corrected chi connectivity index (χ0v) is 17.7. The van der Waals surface area contributed by atoms with E-state index < -0.39 is 24.1 Å². The topological polar surface area (TPSA) is 106 Å². The predicted octanol–water partition coefficient (Wildman–Crippen LogP) is 4.14. The van der Waals surface area contributed by atoms with Gasteiger partial charge in [0.2, 0.25) is 11.7 Å². The van der Waals surface area contributed by atoms with Crippen molar-refractivity contribution in [3.8, 4) is 28.6 Å². The Kier molecular flexibility index (Phi) is 5.94. The standard InChI is InChI=1S/C24H18F3N5O2/c25-24(26,27)10-1-11-31-20(17-6-8-18(9-7-17)22(29)34)12-21(33)32-14-19(30-23(31)32)16-4-2-15(13-28)3-5-16/h2-9,12,14H,1,10-11H2,(H2,29,34). The van der Waals surface area contributed by atoms with Gasteiger partial charge in [0.25, 0.3) is 5.56 Å². The number of alkyl halides is 3. The summed E-state index contributed by atoms with van der Waals surface area (Å²) in [4.78, 5) is 28.8. The number of hydrogen-bond acceptors (Lipinski definition) is 4. The number of nitrogens with zero attached hydrogens (tertiary/aromatic N) is 4. The number of imidazole rings is 1. The number of fused-ring (bicyclic) bond motifs is 1. The van der Waals surface area contributed by atoms with Gasteiger partial charge in [-0.1, -0.05) is 24.3 Å². The molecule has 0 saturated heterocycles. The average molecular weight is 465 g/mol. The Morgan fingerprint density at radius 3 is 2.29 bits per heavy atom. The number of aryl methyl sites for hydroxylation is 1. The first-order chi connectivity index (χ1) is 16.2. The van der Waals surface area contributed by atoms with E-state index in [1.165, 1.54) is 28.8 Å². The van der Waals surface area contributed by atoms with Gasteiger partial charge in [-0.3, -0.25) is 14.0 Å². The highest BCUT2D eigenvalue weighted by Gasteiger charge is 2.26. The Balaban J connectivity index is 1.86. The molecule has 1 amide bonds. The van der Waals surface area contributed by atoms with Gasteiger partial charge in [0, 0.05) is 36.4 Å². The van der Waals surface area contributed by atoms with Crippen molar-refractivity contribution in [1.29, 1.82) is 5.26 Å². The summed E-state index contributed by atoms with van der Waals surface area (Å²) in [6, 6.07) is 16.1. The molecular formula is C24H18F3N5O2. The van der Waals surface area contributed by atoms with Crippen molar-refractivity contribution >= 4 is 11.7 Å². The third kappa shape index (κ3) is 4.68. The van der Waals surface area contributed by atoms with Gasteiger partial charge in [0.15, 0.2) is 0 Å². The van der Waals surface area contributed by atoms with Gasteiger partial charge < -0.3 is 10.3 Å². The van der Waals surface area contributed by atoms with Gasteiger partial charge in [-0.25, -0.2) is 4.98 Å². The van der Waals surface area contributed by atoms with E-state index in [0.29, 0.717) is 28.1 Å². The molecule has 2 heterocycles. The number of benzene rings is 2. The molecule has 10 heteroatoms. The van der Waals surface area contributed by atoms with E-state index in [9.17, 15) is 22.8 Å². The minimum Gasteiger partial charge on any atom is -0.366 e. The molecule has 2 aromatic carbocycles. The number of primary amides is 1. The zero-order chi connectivity index (χ0) is 24.5. The first-order valence-corrected chi connectivity index (χ1v) is 10.3. The van der Waals surface area contributed by atoms with Crippen LogP contribution in [0.3, 0.4) is 0 Å². The number of nitriles is 1. The second-order valence-corrected chi connectivity index (χ2v) is 7.67. The molecule has 34 heavy (non-hydrogen) atoms. The highest BCUT2D eigenvalue weighted by atomic mass is 19.4. The maximum Gasteiger partial charge on any atom is 0.389 e. The van der Waals surface area contributed by atoms with E-state index in [1.54, 1.807) is 41.0 Å². The van der Waals surface area contributed by atoms with Crippen molar-refractivity contribution in [2.24, 2.45) is 5.73 Å². The van der Waals surface area contributed by atoms with Crippen LogP contribution in [0.25, 0.3) is 28.3 Å². The molecule has 2 N–H and O–H groups in total. The first-order valence-electron chi connectivity index (χ1n) is 10.3. The molecule has 0 unspecified atom stereocenters. The van der Waals surface area contributed by atoms with E-state index in [1.807, 2.05) is 6.07 Å². The summed E-state index contributed by atoms with van der Waals surface area (Å²) in [6.45, 7) is -0.0416. The maximum absolute atomic E-state index is 12.9. The van der Waals surface area contributed by atoms with Crippen LogP contribution < -0.4 is 11.3 Å². The van der Waals surface area contributed by atoms with Gasteiger partial charge in [-0.05, 0) is 36.2 Å². The summed E-state index contributed by atoms with van der Waals surface area (Å²) in [5, 5.41) is 8.99. The fourth-order valence-corrected chi connectivity index (χ4v) is 3.65. The Morgan fingerprint density at radius 2 is 1.71 bits per heavy atom. The number of carbonyl (C=O) groups excluding carboxylic acids is 1. The van der Waals surface area contributed by atoms with Crippen molar-refractivity contribution in [2.45, 2.75) is 25.6 Å². The lowest BCUT2D eigenvalue weighted by Gasteiger charge is -2.16. The van der Waals surface area contributed by atoms with Crippen LogP contribution in [0.1, 0.15) is 28.8 Å². The number of amides is 1. The molecule has 0 atom stereocenters. The minimum atomic E-state index is -4.32. The van der Waals surface area contributed by atoms with Crippen LogP contribution in [0.2, 0.25) is 0 Å². The lowest BCUT2D eigenvalue weighted by molar-refractivity contribution is -0.135. The normalized spacial score (nSPS) is 11.5. The molecule has 0 radical (unpaired) electrons. The highest BCUT2D eigenvalue weighted by molar-refractivity contribution is 5.93. The third-order valence-electron chi connectivity index (χ3n) is 5.33. The number of nitrogens with two attached hydrogens (primary N) is 1. The lowest BCUT2D eigenvalue weighted by Crippen LogP contribution is -2.19. The summed E-state index contributed by atoms with van der Waals surface area (Å²) >= 11 is 0. The van der Waals surface area contributed by atoms with Crippen LogP contribution in [-0.2, 0) is 6.54 Å². The van der Waals surface area contributed by atoms with E-state index in [4.69, 9.17) is 11.0 Å². The molecule has 2 aromatic heterocycles. The minimum absolute atomic E-state index is 0.0416. The second kappa shape index (κ2) is 8.86. The van der Waals surface area contributed by atoms with Crippen LogP contribution in [0, 0.1) is 11.3 Å². The first kappa shape index (κ1) is 22.8. The zero-order valence-electron chi connectivity index (χ0n) is 17.7. The van der Waals surface area contributed by atoms with Crippen LogP contribution in [0.15, 0.2) is 65.6 Å². The van der Waals surface area contributed by atoms with Crippen LogP contribution in [-0.4, -0.2) is 26.0 Å². The summed E-state index contributed by atoms with van der Waals surface area (Å²) in [5.74, 6) is -0.437. The predicted molar refractivity (Wildman–Crippen MR) is 119 cm³/mol. The van der Waals surface area contributed by atoms with E-state index in [2.05, 4.69) is 4.98 Å². The molecule has 4 aromatic rings. The lowest BCUT2D eigenvalue weighted by atomic mass is 10.1. The molecule has 0 bridgehead atoms. The smallest absolute Gasteiger partial charge is 0.366 e. The van der Waals surface area contributed by atoms with Crippen molar-refractivity contribution in [3.63, 3.8) is 0 Å². The van der Waals surface area contributed by atoms with Gasteiger partial charge in [-0.2, -0.15) is 18.4 Å². The number of carbonyl (C=O) groups is 1. The summed E-state index contributed by atoms with van der Waals surface area (Å²) in [6.07, 6.45) is -4.01. The Labute approximate surface area is 191 Å². The molecule has 0 aliphatic rings. The molecular weight excluding hydrogens is 447 g/mol. The van der Waals surface area contributed by atoms with Crippen LogP contribution in [0.5, 0.6) is 0 Å².